The zero-order valence-corrected chi connectivity index (χ0v) is 21.0. The first-order valence-corrected chi connectivity index (χ1v) is 14.7. The van der Waals surface area contributed by atoms with E-state index in [1.54, 1.807) is 11.3 Å². The van der Waals surface area contributed by atoms with Crippen molar-refractivity contribution in [1.82, 2.24) is 9.97 Å². The molecule has 5 nitrogen and oxygen atoms in total. The maximum atomic E-state index is 12.8. The number of benzene rings is 1. The summed E-state index contributed by atoms with van der Waals surface area (Å²) >= 11 is 0.221. The minimum atomic E-state index is -1.36. The van der Waals surface area contributed by atoms with Gasteiger partial charge in [0.05, 0.1) is 0 Å². The Hall–Kier alpha value is -1.70. The molecule has 0 radical (unpaired) electrons. The summed E-state index contributed by atoms with van der Waals surface area (Å²) in [4.78, 5) is 23.2. The number of anilines is 1. The van der Waals surface area contributed by atoms with Crippen LogP contribution in [-0.2, 0) is 4.79 Å². The number of imidazole rings is 1. The fourth-order valence-corrected chi connectivity index (χ4v) is 9.97. The molecule has 1 unspecified atom stereocenters. The molecule has 2 aliphatic heterocycles. The monoisotopic (exact) mass is 616 g/mol. The normalized spacial score (nSPS) is 20.0. The predicted molar refractivity (Wildman–Crippen MR) is 125 cm³/mol. The first kappa shape index (κ1) is 20.2. The molecule has 30 heavy (non-hydrogen) atoms. The van der Waals surface area contributed by atoms with Gasteiger partial charge in [0.25, 0.3) is 0 Å². The van der Waals surface area contributed by atoms with Crippen molar-refractivity contribution < 1.29 is 9.90 Å². The van der Waals surface area contributed by atoms with E-state index in [9.17, 15) is 9.90 Å². The molecule has 1 saturated heterocycles. The number of aliphatic hydroxyl groups is 1. The number of hydrogen-bond acceptors (Lipinski definition) is 5. The number of carbonyl (C=O) groups is 1. The fourth-order valence-electron chi connectivity index (χ4n) is 4.56. The Morgan fingerprint density at radius 1 is 1.30 bits per heavy atom. The third-order valence-corrected chi connectivity index (χ3v) is 11.8. The van der Waals surface area contributed by atoms with Crippen LogP contribution in [-0.4, -0.2) is 55.2 Å². The molecule has 0 aliphatic carbocycles. The van der Waals surface area contributed by atoms with Gasteiger partial charge in [0.2, 0.25) is 0 Å². The molecule has 0 bridgehead atoms. The van der Waals surface area contributed by atoms with Crippen LogP contribution in [0.3, 0.4) is 0 Å². The second kappa shape index (κ2) is 8.44. The van der Waals surface area contributed by atoms with Crippen LogP contribution in [0.15, 0.2) is 29.6 Å². The molecule has 0 spiro atoms. The molecule has 156 valence electrons. The van der Waals surface area contributed by atoms with Crippen molar-refractivity contribution in [2.75, 3.05) is 18.0 Å². The topological polar surface area (TPSA) is 69.2 Å². The van der Waals surface area contributed by atoms with Crippen LogP contribution in [0.5, 0.6) is 0 Å². The summed E-state index contributed by atoms with van der Waals surface area (Å²) in [5, 5.41) is 12.7. The molecule has 0 amide bonds. The number of aromatic nitrogens is 2. The number of allylic oxidation sites excluding steroid dienone is 1. The maximum absolute atomic E-state index is 12.8. The molecule has 4 heterocycles. The fraction of sp³-hybridized carbons (Fsp3) is 0.391. The summed E-state index contributed by atoms with van der Waals surface area (Å²) in [6.07, 6.45) is 6.42. The molecule has 5 rings (SSSR count). The third-order valence-electron chi connectivity index (χ3n) is 6.12. The van der Waals surface area contributed by atoms with Gasteiger partial charge in [-0.2, -0.15) is 0 Å². The van der Waals surface area contributed by atoms with Crippen LogP contribution in [0.4, 0.5) is 5.69 Å². The molecule has 1 aromatic carbocycles. The number of aromatic amines is 1. The van der Waals surface area contributed by atoms with E-state index >= 15 is 0 Å². The van der Waals surface area contributed by atoms with Gasteiger partial charge in [0.1, 0.15) is 0 Å². The van der Waals surface area contributed by atoms with Gasteiger partial charge in [0, 0.05) is 0 Å². The Morgan fingerprint density at radius 2 is 2.20 bits per heavy atom. The molecule has 1 atom stereocenters. The van der Waals surface area contributed by atoms with E-state index < -0.39 is 23.6 Å². The molecule has 7 heteroatoms. The van der Waals surface area contributed by atoms with Crippen LogP contribution in [0.25, 0.3) is 22.4 Å². The first-order chi connectivity index (χ1) is 14.6. The Labute approximate surface area is 192 Å². The van der Waals surface area contributed by atoms with E-state index in [4.69, 9.17) is 0 Å². The Morgan fingerprint density at radius 3 is 3.07 bits per heavy atom. The average molecular weight is 617 g/mol. The van der Waals surface area contributed by atoms with Gasteiger partial charge in [-0.25, -0.2) is 0 Å². The number of nitrogens with one attached hydrogen (secondary N) is 1. The van der Waals surface area contributed by atoms with Crippen molar-refractivity contribution in [2.24, 2.45) is 5.92 Å². The molecule has 0 saturated carbocycles. The van der Waals surface area contributed by atoms with E-state index in [-0.39, 0.29) is 9.20 Å². The predicted octanol–water partition coefficient (Wildman–Crippen LogP) is 4.33. The summed E-state index contributed by atoms with van der Waals surface area (Å²) in [6, 6.07) is 8.22. The van der Waals surface area contributed by atoms with Gasteiger partial charge >= 0.3 is 179 Å². The number of thiophene rings is 1. The number of hydrogen-bond donors (Lipinski definition) is 2. The van der Waals surface area contributed by atoms with Crippen molar-refractivity contribution in [3.8, 4) is 0 Å². The second-order valence-corrected chi connectivity index (χ2v) is 13.9. The van der Waals surface area contributed by atoms with E-state index in [1.165, 1.54) is 37.8 Å². The van der Waals surface area contributed by atoms with Crippen molar-refractivity contribution in [3.63, 3.8) is 0 Å². The number of H-pyrrole nitrogens is 1. The number of nitrogens with zero attached hydrogens (tertiary/aromatic N) is 2. The third kappa shape index (κ3) is 3.72. The molecule has 2 aliphatic rings. The van der Waals surface area contributed by atoms with Gasteiger partial charge in [0.15, 0.2) is 0 Å². The van der Waals surface area contributed by atoms with Crippen molar-refractivity contribution >= 4 is 68.9 Å². The van der Waals surface area contributed by atoms with E-state index in [0.29, 0.717) is 11.4 Å². The van der Waals surface area contributed by atoms with Crippen LogP contribution < -0.4 is 7.44 Å². The summed E-state index contributed by atoms with van der Waals surface area (Å²) in [5.41, 5.74) is 4.17. The zero-order chi connectivity index (χ0) is 20.7. The second-order valence-electron chi connectivity index (χ2n) is 8.09. The quantitative estimate of drug-likeness (QED) is 0.459. The van der Waals surface area contributed by atoms with E-state index in [1.807, 2.05) is 17.5 Å². The van der Waals surface area contributed by atoms with E-state index in [0.717, 1.165) is 38.1 Å². The summed E-state index contributed by atoms with van der Waals surface area (Å²) in [7, 11) is 0. The van der Waals surface area contributed by atoms with Crippen LogP contribution in [0.2, 0.25) is 0 Å². The van der Waals surface area contributed by atoms with Gasteiger partial charge < -0.3 is 0 Å². The molecule has 2 N–H and O–H groups in total. The van der Waals surface area contributed by atoms with Gasteiger partial charge in [-0.1, -0.05) is 13.3 Å². The number of carbonyl (C=O) groups excluding carboxylic acids is 1. The van der Waals surface area contributed by atoms with Crippen LogP contribution in [0.1, 0.15) is 50.4 Å². The van der Waals surface area contributed by atoms with Gasteiger partial charge in [-0.3, -0.25) is 0 Å². The standard InChI is InChI=1S/C23H25N3O2S.Po/c1-2-4-16-5-3-10-26(11-8-16)18-6-7-20-21(13-18)25-23(24-20)19(14-27)22(28)17-9-12-29-15-17;/h6-7,9,12-13,16,28H,2-5,8,10-11H2,1H3,(H,24,25);. The molecular formula is C23H25N3O2PoS. The van der Waals surface area contributed by atoms with E-state index in [2.05, 4.69) is 33.9 Å². The van der Waals surface area contributed by atoms with Crippen molar-refractivity contribution in [3.05, 3.63) is 41.0 Å². The Balaban J connectivity index is 1.45. The molecule has 3 aromatic rings. The number of aliphatic hydroxyl groups excluding tert-OH is 1. The molecule has 2 aromatic heterocycles. The Bertz CT molecular complexity index is 1130. The summed E-state index contributed by atoms with van der Waals surface area (Å²) in [5.74, 6) is 1.43. The summed E-state index contributed by atoms with van der Waals surface area (Å²) < 4.78 is 1.17. The van der Waals surface area contributed by atoms with Crippen molar-refractivity contribution in [2.45, 2.75) is 39.0 Å². The Kier molecular flexibility index (Phi) is 5.69. The van der Waals surface area contributed by atoms with Crippen LogP contribution >= 0.6 is 11.3 Å². The molecular weight excluding hydrogens is 591 g/mol. The number of fused-ring (bicyclic) bond motifs is 2. The average Bonchev–Trinajstić information content (AvgIpc) is 3.29. The SMILES string of the molecule is CCCC1CCCN(c2ccc3nc(C4=C(O)c5ccs[c]5[Po][C]4=O)[nH]c3c2)CC1. The van der Waals surface area contributed by atoms with Gasteiger partial charge in [-0.05, 0) is 0 Å². The minimum absolute atomic E-state index is 0.0798. The summed E-state index contributed by atoms with van der Waals surface area (Å²) in [6.45, 7) is 4.46. The number of rotatable bonds is 4. The first-order valence-electron chi connectivity index (χ1n) is 10.6. The van der Waals surface area contributed by atoms with Crippen molar-refractivity contribution in [1.29, 1.82) is 0 Å². The zero-order valence-electron chi connectivity index (χ0n) is 17.0. The van der Waals surface area contributed by atoms with Gasteiger partial charge in [-0.15, -0.1) is 0 Å². The van der Waals surface area contributed by atoms with Crippen LogP contribution in [0, 0.1) is 5.92 Å². The molecule has 1 fully saturated rings.